The lowest BCUT2D eigenvalue weighted by Gasteiger charge is -2.33. The maximum atomic E-state index is 13.0. The molecule has 0 saturated heterocycles. The number of amides is 1. The van der Waals surface area contributed by atoms with Crippen molar-refractivity contribution in [2.75, 3.05) is 7.05 Å². The summed E-state index contributed by atoms with van der Waals surface area (Å²) in [7, 11) is 1.83. The second kappa shape index (κ2) is 7.26. The highest BCUT2D eigenvalue weighted by Crippen LogP contribution is 2.33. The number of benzene rings is 2. The third kappa shape index (κ3) is 3.58. The number of halogens is 1. The minimum absolute atomic E-state index is 0.0172. The van der Waals surface area contributed by atoms with E-state index in [4.69, 9.17) is 0 Å². The minimum atomic E-state index is -0.323. The van der Waals surface area contributed by atoms with Gasteiger partial charge in [0.25, 0.3) is 0 Å². The van der Waals surface area contributed by atoms with Crippen molar-refractivity contribution in [1.82, 2.24) is 25.1 Å². The summed E-state index contributed by atoms with van der Waals surface area (Å²) >= 11 is 0. The topological polar surface area (TPSA) is 63.9 Å². The zero-order chi connectivity index (χ0) is 18.8. The molecule has 0 N–H and O–H groups in total. The summed E-state index contributed by atoms with van der Waals surface area (Å²) in [6.45, 7) is 0.0172. The first kappa shape index (κ1) is 17.3. The molecule has 1 atom stereocenters. The van der Waals surface area contributed by atoms with Crippen LogP contribution < -0.4 is 0 Å². The molecule has 1 aliphatic rings. The van der Waals surface area contributed by atoms with Gasteiger partial charge in [0.1, 0.15) is 12.4 Å². The van der Waals surface area contributed by atoms with Gasteiger partial charge in [-0.2, -0.15) is 4.80 Å². The van der Waals surface area contributed by atoms with Crippen molar-refractivity contribution < 1.29 is 9.18 Å². The number of tetrazole rings is 1. The highest BCUT2D eigenvalue weighted by Gasteiger charge is 2.26. The van der Waals surface area contributed by atoms with Gasteiger partial charge in [-0.05, 0) is 59.9 Å². The molecule has 3 aromatic rings. The van der Waals surface area contributed by atoms with E-state index in [-0.39, 0.29) is 24.3 Å². The van der Waals surface area contributed by atoms with Crippen molar-refractivity contribution >= 4 is 5.91 Å². The number of hydrogen-bond acceptors (Lipinski definition) is 4. The van der Waals surface area contributed by atoms with Crippen LogP contribution in [-0.4, -0.2) is 38.1 Å². The minimum Gasteiger partial charge on any atom is -0.337 e. The summed E-state index contributed by atoms with van der Waals surface area (Å²) in [5.41, 5.74) is 3.19. The van der Waals surface area contributed by atoms with Crippen molar-refractivity contribution in [3.05, 3.63) is 65.5 Å². The Labute approximate surface area is 156 Å². The maximum absolute atomic E-state index is 13.0. The fraction of sp³-hybridized carbons (Fsp3) is 0.300. The molecule has 7 heteroatoms. The lowest BCUT2D eigenvalue weighted by molar-refractivity contribution is -0.133. The van der Waals surface area contributed by atoms with E-state index in [1.54, 1.807) is 17.0 Å². The molecule has 0 saturated carbocycles. The van der Waals surface area contributed by atoms with Gasteiger partial charge in [0.15, 0.2) is 0 Å². The normalized spacial score (nSPS) is 16.0. The first-order chi connectivity index (χ1) is 13.1. The van der Waals surface area contributed by atoms with Crippen molar-refractivity contribution in [2.24, 2.45) is 0 Å². The van der Waals surface area contributed by atoms with Crippen molar-refractivity contribution in [3.63, 3.8) is 0 Å². The summed E-state index contributed by atoms with van der Waals surface area (Å²) in [5.74, 6) is -0.0241. The molecule has 1 aliphatic carbocycles. The Morgan fingerprint density at radius 3 is 2.81 bits per heavy atom. The third-order valence-electron chi connectivity index (χ3n) is 5.03. The van der Waals surface area contributed by atoms with Crippen LogP contribution in [0.4, 0.5) is 4.39 Å². The summed E-state index contributed by atoms with van der Waals surface area (Å²) in [6.07, 6.45) is 3.07. The largest absolute Gasteiger partial charge is 0.337 e. The van der Waals surface area contributed by atoms with Gasteiger partial charge in [0.05, 0.1) is 6.04 Å². The Balaban J connectivity index is 1.47. The molecule has 1 heterocycles. The molecular weight excluding hydrogens is 345 g/mol. The SMILES string of the molecule is CN(C(=O)Cn1nnc(-c2ccc(F)cc2)n1)C1CCCc2ccccc21. The van der Waals surface area contributed by atoms with Crippen LogP contribution in [0.5, 0.6) is 0 Å². The average molecular weight is 365 g/mol. The number of carbonyl (C=O) groups is 1. The van der Waals surface area contributed by atoms with E-state index in [0.29, 0.717) is 11.4 Å². The highest BCUT2D eigenvalue weighted by atomic mass is 19.1. The smallest absolute Gasteiger partial charge is 0.246 e. The molecule has 0 fully saturated rings. The Bertz CT molecular complexity index is 953. The van der Waals surface area contributed by atoms with Gasteiger partial charge in [0, 0.05) is 12.6 Å². The van der Waals surface area contributed by atoms with Gasteiger partial charge in [0.2, 0.25) is 11.7 Å². The van der Waals surface area contributed by atoms with E-state index in [1.807, 2.05) is 19.2 Å². The van der Waals surface area contributed by atoms with Gasteiger partial charge in [-0.1, -0.05) is 24.3 Å². The van der Waals surface area contributed by atoms with E-state index in [0.717, 1.165) is 19.3 Å². The Kier molecular flexibility index (Phi) is 4.66. The van der Waals surface area contributed by atoms with Crippen LogP contribution in [0.3, 0.4) is 0 Å². The number of rotatable bonds is 4. The fourth-order valence-corrected chi connectivity index (χ4v) is 3.56. The van der Waals surface area contributed by atoms with E-state index in [2.05, 4.69) is 27.5 Å². The van der Waals surface area contributed by atoms with Gasteiger partial charge in [-0.3, -0.25) is 4.79 Å². The first-order valence-electron chi connectivity index (χ1n) is 8.99. The number of aromatic nitrogens is 4. The van der Waals surface area contributed by atoms with Crippen LogP contribution in [0.25, 0.3) is 11.4 Å². The number of fused-ring (bicyclic) bond motifs is 1. The molecule has 0 bridgehead atoms. The molecule has 1 unspecified atom stereocenters. The van der Waals surface area contributed by atoms with Gasteiger partial charge >= 0.3 is 0 Å². The first-order valence-corrected chi connectivity index (χ1v) is 8.99. The average Bonchev–Trinajstić information content (AvgIpc) is 3.16. The number of likely N-dealkylation sites (N-methyl/N-ethyl adjacent to an activating group) is 1. The standard InChI is InChI=1S/C20H20FN5O/c1-25(18-8-4-6-14-5-2-3-7-17(14)18)19(27)13-26-23-20(22-24-26)15-9-11-16(21)12-10-15/h2-3,5,7,9-12,18H,4,6,8,13H2,1H3. The fourth-order valence-electron chi connectivity index (χ4n) is 3.56. The van der Waals surface area contributed by atoms with E-state index >= 15 is 0 Å². The molecule has 4 rings (SSSR count). The second-order valence-electron chi connectivity index (χ2n) is 6.76. The summed E-state index contributed by atoms with van der Waals surface area (Å²) in [4.78, 5) is 15.8. The van der Waals surface area contributed by atoms with Crippen LogP contribution >= 0.6 is 0 Å². The molecular formula is C20H20FN5O. The zero-order valence-electron chi connectivity index (χ0n) is 15.0. The van der Waals surface area contributed by atoms with Crippen molar-refractivity contribution in [1.29, 1.82) is 0 Å². The third-order valence-corrected chi connectivity index (χ3v) is 5.03. The van der Waals surface area contributed by atoms with Gasteiger partial charge in [-0.25, -0.2) is 4.39 Å². The number of carbonyl (C=O) groups excluding carboxylic acids is 1. The van der Waals surface area contributed by atoms with Gasteiger partial charge in [-0.15, -0.1) is 10.2 Å². The molecule has 0 aliphatic heterocycles. The Morgan fingerprint density at radius 1 is 1.22 bits per heavy atom. The summed E-state index contributed by atoms with van der Waals surface area (Å²) in [6, 6.07) is 14.2. The molecule has 6 nitrogen and oxygen atoms in total. The lowest BCUT2D eigenvalue weighted by Crippen LogP contribution is -2.36. The van der Waals surface area contributed by atoms with Crippen LogP contribution in [0.2, 0.25) is 0 Å². The summed E-state index contributed by atoms with van der Waals surface area (Å²) < 4.78 is 13.0. The molecule has 1 amide bonds. The van der Waals surface area contributed by atoms with Crippen LogP contribution in [0.15, 0.2) is 48.5 Å². The second-order valence-corrected chi connectivity index (χ2v) is 6.76. The quantitative estimate of drug-likeness (QED) is 0.713. The monoisotopic (exact) mass is 365 g/mol. The van der Waals surface area contributed by atoms with E-state index < -0.39 is 0 Å². The highest BCUT2D eigenvalue weighted by molar-refractivity contribution is 5.76. The molecule has 138 valence electrons. The molecule has 1 aromatic heterocycles. The molecule has 27 heavy (non-hydrogen) atoms. The van der Waals surface area contributed by atoms with Crippen molar-refractivity contribution in [2.45, 2.75) is 31.8 Å². The molecule has 2 aromatic carbocycles. The zero-order valence-corrected chi connectivity index (χ0v) is 15.0. The van der Waals surface area contributed by atoms with E-state index in [9.17, 15) is 9.18 Å². The predicted octanol–water partition coefficient (Wildman–Crippen LogP) is 3.02. The van der Waals surface area contributed by atoms with Crippen molar-refractivity contribution in [3.8, 4) is 11.4 Å². The predicted molar refractivity (Wildman–Crippen MR) is 98.1 cm³/mol. The number of nitrogens with zero attached hydrogens (tertiary/aromatic N) is 5. The van der Waals surface area contributed by atoms with E-state index in [1.165, 1.54) is 28.1 Å². The van der Waals surface area contributed by atoms with Crippen LogP contribution in [0.1, 0.15) is 30.0 Å². The number of aryl methyl sites for hydroxylation is 1. The molecule has 0 spiro atoms. The number of hydrogen-bond donors (Lipinski definition) is 0. The maximum Gasteiger partial charge on any atom is 0.246 e. The van der Waals surface area contributed by atoms with Gasteiger partial charge < -0.3 is 4.90 Å². The Morgan fingerprint density at radius 2 is 2.00 bits per heavy atom. The Hall–Kier alpha value is -3.09. The molecule has 0 radical (unpaired) electrons. The van der Waals surface area contributed by atoms with Crippen LogP contribution in [-0.2, 0) is 17.8 Å². The van der Waals surface area contributed by atoms with Crippen LogP contribution in [0, 0.1) is 5.82 Å². The summed E-state index contributed by atoms with van der Waals surface area (Å²) in [5, 5.41) is 12.2. The lowest BCUT2D eigenvalue weighted by atomic mass is 9.87.